The molecule has 5 amide bonds. The lowest BCUT2D eigenvalue weighted by Gasteiger charge is -2.40. The summed E-state index contributed by atoms with van der Waals surface area (Å²) in [5, 5.41) is 16.3. The number of carbonyl (C=O) groups excluding carboxylic acids is 4. The molecular formula is C29H34N6O7. The SMILES string of the molecule is COC(=O)C1(c2ccccc2)CCN(CCCNC(=O)N2C(=O)NC(C)=C(C(N)=O)C2c2ccc([N+](=O)[O-])cc2)CC1. The Labute approximate surface area is 242 Å². The number of nitrogens with one attached hydrogen (secondary N) is 2. The molecule has 2 heterocycles. The molecule has 0 spiro atoms. The van der Waals surface area contributed by atoms with Crippen molar-refractivity contribution < 1.29 is 28.8 Å². The van der Waals surface area contributed by atoms with E-state index in [-0.39, 0.29) is 29.5 Å². The Kier molecular flexibility index (Phi) is 9.21. The van der Waals surface area contributed by atoms with Crippen LogP contribution in [0.25, 0.3) is 0 Å². The Morgan fingerprint density at radius 3 is 2.33 bits per heavy atom. The van der Waals surface area contributed by atoms with Crippen LogP contribution in [0.4, 0.5) is 15.3 Å². The number of nitrogens with zero attached hydrogens (tertiary/aromatic N) is 3. The summed E-state index contributed by atoms with van der Waals surface area (Å²) in [5.74, 6) is -1.08. The standard InChI is InChI=1S/C29H34N6O7/c1-19-23(25(30)36)24(20-9-11-22(12-10-20)35(40)41)34(28(39)32-19)27(38)31-15-6-16-33-17-13-29(14-18-33,26(37)42-2)21-7-4-3-5-8-21/h3-5,7-12,24H,6,13-18H2,1-2H3,(H2,30,36)(H,31,38)(H,32,39). The topological polar surface area (TPSA) is 177 Å². The van der Waals surface area contributed by atoms with Crippen LogP contribution < -0.4 is 16.4 Å². The number of carbonyl (C=O) groups is 4. The summed E-state index contributed by atoms with van der Waals surface area (Å²) >= 11 is 0. The van der Waals surface area contributed by atoms with Gasteiger partial charge in [-0.2, -0.15) is 0 Å². The maximum Gasteiger partial charge on any atom is 0.330 e. The van der Waals surface area contributed by atoms with Crippen molar-refractivity contribution in [3.8, 4) is 0 Å². The molecule has 0 aromatic heterocycles. The number of hydrogen-bond donors (Lipinski definition) is 3. The summed E-state index contributed by atoms with van der Waals surface area (Å²) < 4.78 is 5.16. The quantitative estimate of drug-likeness (QED) is 0.176. The fraction of sp³-hybridized carbons (Fsp3) is 0.379. The summed E-state index contributed by atoms with van der Waals surface area (Å²) in [5.41, 5.74) is 6.19. The Hall–Kier alpha value is -4.78. The molecule has 2 aliphatic heterocycles. The summed E-state index contributed by atoms with van der Waals surface area (Å²) in [6, 6.07) is 12.2. The second kappa shape index (κ2) is 12.8. The van der Waals surface area contributed by atoms with E-state index < -0.39 is 34.3 Å². The minimum absolute atomic E-state index is 0.000532. The molecule has 13 heteroatoms. The second-order valence-corrected chi connectivity index (χ2v) is 10.3. The number of methoxy groups -OCH3 is 1. The molecule has 0 radical (unpaired) electrons. The van der Waals surface area contributed by atoms with Crippen LogP contribution >= 0.6 is 0 Å². The van der Waals surface area contributed by atoms with Crippen molar-refractivity contribution in [1.82, 2.24) is 20.4 Å². The van der Waals surface area contributed by atoms with Gasteiger partial charge in [0.2, 0.25) is 5.91 Å². The molecule has 42 heavy (non-hydrogen) atoms. The van der Waals surface area contributed by atoms with Gasteiger partial charge in [0.15, 0.2) is 0 Å². The van der Waals surface area contributed by atoms with Crippen LogP contribution in [0.2, 0.25) is 0 Å². The number of amides is 5. The van der Waals surface area contributed by atoms with Crippen molar-refractivity contribution in [2.75, 3.05) is 33.3 Å². The van der Waals surface area contributed by atoms with Crippen LogP contribution in [0.15, 0.2) is 65.9 Å². The number of hydrogen-bond acceptors (Lipinski definition) is 8. The second-order valence-electron chi connectivity index (χ2n) is 10.3. The number of primary amides is 1. The molecule has 1 fully saturated rings. The maximum atomic E-state index is 13.2. The predicted octanol–water partition coefficient (Wildman–Crippen LogP) is 2.73. The number of esters is 1. The van der Waals surface area contributed by atoms with E-state index in [9.17, 15) is 29.3 Å². The van der Waals surface area contributed by atoms with E-state index in [1.165, 1.54) is 38.3 Å². The number of nitro benzene ring substituents is 1. The average Bonchev–Trinajstić information content (AvgIpc) is 2.99. The summed E-state index contributed by atoms with van der Waals surface area (Å²) in [6.07, 6.45) is 1.77. The third-order valence-electron chi connectivity index (χ3n) is 7.89. The Morgan fingerprint density at radius 2 is 1.76 bits per heavy atom. The zero-order valence-electron chi connectivity index (χ0n) is 23.5. The fourth-order valence-corrected chi connectivity index (χ4v) is 5.67. The lowest BCUT2D eigenvalue weighted by atomic mass is 9.72. The number of likely N-dealkylation sites (tertiary alicyclic amines) is 1. The third-order valence-corrected chi connectivity index (χ3v) is 7.89. The van der Waals surface area contributed by atoms with E-state index in [1.807, 2.05) is 30.3 Å². The minimum Gasteiger partial charge on any atom is -0.468 e. The molecule has 1 unspecified atom stereocenters. The fourth-order valence-electron chi connectivity index (χ4n) is 5.67. The van der Waals surface area contributed by atoms with Gasteiger partial charge >= 0.3 is 18.0 Å². The van der Waals surface area contributed by atoms with Crippen LogP contribution in [0, 0.1) is 10.1 Å². The smallest absolute Gasteiger partial charge is 0.330 e. The number of allylic oxidation sites excluding steroid dienone is 1. The van der Waals surface area contributed by atoms with Crippen molar-refractivity contribution in [2.45, 2.75) is 37.6 Å². The van der Waals surface area contributed by atoms with Gasteiger partial charge in [-0.3, -0.25) is 19.7 Å². The average molecular weight is 579 g/mol. The molecule has 0 bridgehead atoms. The van der Waals surface area contributed by atoms with Crippen LogP contribution in [-0.4, -0.2) is 72.0 Å². The van der Waals surface area contributed by atoms with Gasteiger partial charge in [0.1, 0.15) is 6.04 Å². The van der Waals surface area contributed by atoms with Crippen molar-refractivity contribution in [3.63, 3.8) is 0 Å². The molecule has 4 rings (SSSR count). The first-order valence-electron chi connectivity index (χ1n) is 13.6. The lowest BCUT2D eigenvalue weighted by Crippen LogP contribution is -2.55. The molecule has 0 saturated carbocycles. The molecule has 4 N–H and O–H groups in total. The number of non-ortho nitro benzene ring substituents is 1. The van der Waals surface area contributed by atoms with E-state index in [0.29, 0.717) is 44.5 Å². The van der Waals surface area contributed by atoms with Crippen LogP contribution in [-0.2, 0) is 19.7 Å². The monoisotopic (exact) mass is 578 g/mol. The normalized spacial score (nSPS) is 18.7. The van der Waals surface area contributed by atoms with Crippen molar-refractivity contribution in [3.05, 3.63) is 87.1 Å². The third kappa shape index (κ3) is 6.10. The van der Waals surface area contributed by atoms with Gasteiger partial charge in [-0.05, 0) is 69.1 Å². The number of ether oxygens (including phenoxy) is 1. The highest BCUT2D eigenvalue weighted by molar-refractivity contribution is 6.02. The number of rotatable bonds is 9. The zero-order chi connectivity index (χ0) is 30.4. The molecule has 1 atom stereocenters. The molecule has 1 saturated heterocycles. The van der Waals surface area contributed by atoms with E-state index in [2.05, 4.69) is 15.5 Å². The highest BCUT2D eigenvalue weighted by Gasteiger charge is 2.44. The van der Waals surface area contributed by atoms with Gasteiger partial charge in [-0.1, -0.05) is 30.3 Å². The maximum absolute atomic E-state index is 13.2. The first-order valence-corrected chi connectivity index (χ1v) is 13.6. The zero-order valence-corrected chi connectivity index (χ0v) is 23.5. The lowest BCUT2D eigenvalue weighted by molar-refractivity contribution is -0.384. The number of imide groups is 1. The number of urea groups is 2. The molecule has 222 valence electrons. The van der Waals surface area contributed by atoms with Gasteiger partial charge in [0.25, 0.3) is 5.69 Å². The molecule has 2 aromatic rings. The Balaban J connectivity index is 1.39. The van der Waals surface area contributed by atoms with E-state index in [1.54, 1.807) is 0 Å². The number of benzene rings is 2. The van der Waals surface area contributed by atoms with Gasteiger partial charge < -0.3 is 26.0 Å². The first kappa shape index (κ1) is 30.2. The van der Waals surface area contributed by atoms with Gasteiger partial charge in [0, 0.05) is 24.4 Å². The van der Waals surface area contributed by atoms with E-state index in [0.717, 1.165) is 10.5 Å². The molecule has 0 aliphatic carbocycles. The molecule has 13 nitrogen and oxygen atoms in total. The summed E-state index contributed by atoms with van der Waals surface area (Å²) in [6.45, 7) is 3.72. The number of nitro groups is 1. The first-order chi connectivity index (χ1) is 20.1. The summed E-state index contributed by atoms with van der Waals surface area (Å²) in [4.78, 5) is 64.9. The largest absolute Gasteiger partial charge is 0.468 e. The van der Waals surface area contributed by atoms with Gasteiger partial charge in [-0.15, -0.1) is 0 Å². The molecular weight excluding hydrogens is 544 g/mol. The van der Waals surface area contributed by atoms with Crippen molar-refractivity contribution in [1.29, 1.82) is 0 Å². The van der Waals surface area contributed by atoms with Crippen molar-refractivity contribution in [2.24, 2.45) is 5.73 Å². The van der Waals surface area contributed by atoms with Gasteiger partial charge in [0.05, 0.1) is 23.0 Å². The minimum atomic E-state index is -1.16. The highest BCUT2D eigenvalue weighted by Crippen LogP contribution is 2.37. The van der Waals surface area contributed by atoms with Gasteiger partial charge in [-0.25, -0.2) is 14.5 Å². The summed E-state index contributed by atoms with van der Waals surface area (Å²) in [7, 11) is 1.40. The Bertz CT molecular complexity index is 1380. The Morgan fingerprint density at radius 1 is 1.12 bits per heavy atom. The van der Waals surface area contributed by atoms with Crippen LogP contribution in [0.3, 0.4) is 0 Å². The highest BCUT2D eigenvalue weighted by atomic mass is 16.6. The van der Waals surface area contributed by atoms with Crippen LogP contribution in [0.5, 0.6) is 0 Å². The van der Waals surface area contributed by atoms with Crippen molar-refractivity contribution >= 4 is 29.6 Å². The number of piperidine rings is 1. The van der Waals surface area contributed by atoms with E-state index >= 15 is 0 Å². The predicted molar refractivity (Wildman–Crippen MR) is 152 cm³/mol. The molecule has 2 aliphatic rings. The van der Waals surface area contributed by atoms with Crippen LogP contribution in [0.1, 0.15) is 43.4 Å². The molecule has 2 aromatic carbocycles. The van der Waals surface area contributed by atoms with E-state index in [4.69, 9.17) is 10.5 Å². The number of nitrogens with two attached hydrogens (primary N) is 1.